The third-order valence-electron chi connectivity index (χ3n) is 3.45. The summed E-state index contributed by atoms with van der Waals surface area (Å²) in [7, 11) is 0. The van der Waals surface area contributed by atoms with Crippen LogP contribution in [0.25, 0.3) is 0 Å². The smallest absolute Gasteiger partial charge is 0.256 e. The van der Waals surface area contributed by atoms with Crippen molar-refractivity contribution in [2.75, 3.05) is 13.1 Å². The number of carbonyl (C=O) groups excluding carboxylic acids is 1. The van der Waals surface area contributed by atoms with Gasteiger partial charge in [-0.15, -0.1) is 0 Å². The van der Waals surface area contributed by atoms with Crippen LogP contribution in [0.5, 0.6) is 0 Å². The number of halogens is 1. The average Bonchev–Trinajstić information content (AvgIpc) is 2.46. The van der Waals surface area contributed by atoms with Crippen molar-refractivity contribution < 1.29 is 9.18 Å². The Hall–Kier alpha value is -1.38. The molecule has 0 aliphatic carbocycles. The topological polar surface area (TPSA) is 20.3 Å². The van der Waals surface area contributed by atoms with Crippen LogP contribution < -0.4 is 0 Å². The normalized spacial score (nSPS) is 10.6. The molecule has 0 aliphatic heterocycles. The van der Waals surface area contributed by atoms with E-state index in [1.165, 1.54) is 6.07 Å². The molecule has 1 aromatic rings. The predicted molar refractivity (Wildman–Crippen MR) is 81.4 cm³/mol. The molecule has 0 radical (unpaired) electrons. The second kappa shape index (κ2) is 9.51. The van der Waals surface area contributed by atoms with Gasteiger partial charge >= 0.3 is 0 Å². The van der Waals surface area contributed by atoms with Crippen LogP contribution >= 0.6 is 0 Å². The summed E-state index contributed by atoms with van der Waals surface area (Å²) < 4.78 is 13.7. The number of amides is 1. The molecule has 0 saturated heterocycles. The molecule has 0 N–H and O–H groups in total. The van der Waals surface area contributed by atoms with Gasteiger partial charge in [0, 0.05) is 13.1 Å². The fourth-order valence-electron chi connectivity index (χ4n) is 2.23. The summed E-state index contributed by atoms with van der Waals surface area (Å²) in [5.74, 6) is -0.594. The molecular weight excluding hydrogens is 253 g/mol. The second-order valence-electron chi connectivity index (χ2n) is 5.19. The first-order valence-corrected chi connectivity index (χ1v) is 7.74. The van der Waals surface area contributed by atoms with Gasteiger partial charge < -0.3 is 4.90 Å². The lowest BCUT2D eigenvalue weighted by Gasteiger charge is -2.23. The van der Waals surface area contributed by atoms with Gasteiger partial charge in [0.15, 0.2) is 0 Å². The summed E-state index contributed by atoms with van der Waals surface area (Å²) in [6.07, 6.45) is 6.43. The van der Waals surface area contributed by atoms with Gasteiger partial charge in [0.2, 0.25) is 0 Å². The minimum absolute atomic E-state index is 0.171. The van der Waals surface area contributed by atoms with Crippen molar-refractivity contribution in [2.24, 2.45) is 0 Å². The predicted octanol–water partition coefficient (Wildman–Crippen LogP) is 4.65. The number of hydrogen-bond donors (Lipinski definition) is 0. The maximum absolute atomic E-state index is 13.7. The van der Waals surface area contributed by atoms with Gasteiger partial charge in [0.1, 0.15) is 5.82 Å². The van der Waals surface area contributed by atoms with Crippen molar-refractivity contribution in [3.63, 3.8) is 0 Å². The molecular formula is C17H26FNO. The molecule has 0 unspecified atom stereocenters. The van der Waals surface area contributed by atoms with E-state index in [9.17, 15) is 9.18 Å². The molecule has 0 aromatic heterocycles. The highest BCUT2D eigenvalue weighted by Crippen LogP contribution is 2.12. The first-order valence-electron chi connectivity index (χ1n) is 7.74. The van der Waals surface area contributed by atoms with Crippen LogP contribution in [0.15, 0.2) is 24.3 Å². The van der Waals surface area contributed by atoms with E-state index in [2.05, 4.69) is 13.8 Å². The Kier molecular flexibility index (Phi) is 7.93. The summed E-state index contributed by atoms with van der Waals surface area (Å²) in [5.41, 5.74) is 0.195. The van der Waals surface area contributed by atoms with Crippen molar-refractivity contribution in [3.8, 4) is 0 Å². The molecule has 2 nitrogen and oxygen atoms in total. The largest absolute Gasteiger partial charge is 0.339 e. The molecule has 0 fully saturated rings. The van der Waals surface area contributed by atoms with Crippen molar-refractivity contribution in [2.45, 2.75) is 52.4 Å². The van der Waals surface area contributed by atoms with Crippen LogP contribution in [0.2, 0.25) is 0 Å². The number of unbranched alkanes of at least 4 members (excludes halogenated alkanes) is 4. The molecule has 0 bridgehead atoms. The monoisotopic (exact) mass is 279 g/mol. The Bertz CT molecular complexity index is 396. The third-order valence-corrected chi connectivity index (χ3v) is 3.45. The Morgan fingerprint density at radius 1 is 1.00 bits per heavy atom. The lowest BCUT2D eigenvalue weighted by atomic mass is 10.1. The van der Waals surface area contributed by atoms with E-state index >= 15 is 0 Å². The molecule has 0 saturated carbocycles. The van der Waals surface area contributed by atoms with E-state index in [0.717, 1.165) is 51.6 Å². The van der Waals surface area contributed by atoms with E-state index in [1.54, 1.807) is 18.2 Å². The minimum atomic E-state index is -0.423. The first kappa shape index (κ1) is 16.7. The minimum Gasteiger partial charge on any atom is -0.339 e. The van der Waals surface area contributed by atoms with Gasteiger partial charge in [-0.05, 0) is 25.0 Å². The van der Waals surface area contributed by atoms with E-state index in [1.807, 2.05) is 4.90 Å². The Labute approximate surface area is 122 Å². The Morgan fingerprint density at radius 2 is 1.55 bits per heavy atom. The van der Waals surface area contributed by atoms with Crippen molar-refractivity contribution >= 4 is 5.91 Å². The van der Waals surface area contributed by atoms with Gasteiger partial charge in [-0.1, -0.05) is 51.7 Å². The highest BCUT2D eigenvalue weighted by molar-refractivity contribution is 5.94. The number of hydrogen-bond acceptors (Lipinski definition) is 1. The average molecular weight is 279 g/mol. The lowest BCUT2D eigenvalue weighted by molar-refractivity contribution is 0.0745. The van der Waals surface area contributed by atoms with Gasteiger partial charge in [0.25, 0.3) is 5.91 Å². The van der Waals surface area contributed by atoms with Gasteiger partial charge in [-0.25, -0.2) is 4.39 Å². The molecule has 3 heteroatoms. The van der Waals surface area contributed by atoms with E-state index in [4.69, 9.17) is 0 Å². The summed E-state index contributed by atoms with van der Waals surface area (Å²) >= 11 is 0. The molecule has 1 rings (SSSR count). The molecule has 0 atom stereocenters. The van der Waals surface area contributed by atoms with Crippen molar-refractivity contribution in [1.29, 1.82) is 0 Å². The molecule has 112 valence electrons. The number of nitrogens with zero attached hydrogens (tertiary/aromatic N) is 1. The van der Waals surface area contributed by atoms with Gasteiger partial charge in [-0.2, -0.15) is 0 Å². The number of carbonyl (C=O) groups is 1. The van der Waals surface area contributed by atoms with Crippen LogP contribution in [-0.2, 0) is 0 Å². The summed E-state index contributed by atoms with van der Waals surface area (Å²) in [6.45, 7) is 5.73. The summed E-state index contributed by atoms with van der Waals surface area (Å²) in [4.78, 5) is 14.2. The van der Waals surface area contributed by atoms with Crippen LogP contribution in [-0.4, -0.2) is 23.9 Å². The van der Waals surface area contributed by atoms with Crippen molar-refractivity contribution in [1.82, 2.24) is 4.90 Å². The number of rotatable bonds is 9. The standard InChI is InChI=1S/C17H26FNO/c1-3-5-9-13-19(14-10-6-4-2)17(20)15-11-7-8-12-16(15)18/h7-8,11-12H,3-6,9-10,13-14H2,1-2H3. The highest BCUT2D eigenvalue weighted by atomic mass is 19.1. The van der Waals surface area contributed by atoms with Gasteiger partial charge in [-0.3, -0.25) is 4.79 Å². The van der Waals surface area contributed by atoms with Crippen LogP contribution in [0, 0.1) is 5.82 Å². The second-order valence-corrected chi connectivity index (χ2v) is 5.19. The Balaban J connectivity index is 2.69. The van der Waals surface area contributed by atoms with E-state index in [0.29, 0.717) is 0 Å². The molecule has 1 aromatic carbocycles. The zero-order valence-corrected chi connectivity index (χ0v) is 12.7. The SMILES string of the molecule is CCCCCN(CCCCC)C(=O)c1ccccc1F. The summed E-state index contributed by atoms with van der Waals surface area (Å²) in [5, 5.41) is 0. The molecule has 1 amide bonds. The van der Waals surface area contributed by atoms with Crippen LogP contribution in [0.3, 0.4) is 0 Å². The first-order chi connectivity index (χ1) is 9.70. The maximum atomic E-state index is 13.7. The molecule has 0 heterocycles. The Morgan fingerprint density at radius 3 is 2.05 bits per heavy atom. The molecule has 0 spiro atoms. The zero-order valence-electron chi connectivity index (χ0n) is 12.7. The third kappa shape index (κ3) is 5.32. The van der Waals surface area contributed by atoms with Gasteiger partial charge in [0.05, 0.1) is 5.56 Å². The van der Waals surface area contributed by atoms with Crippen molar-refractivity contribution in [3.05, 3.63) is 35.6 Å². The lowest BCUT2D eigenvalue weighted by Crippen LogP contribution is -2.33. The maximum Gasteiger partial charge on any atom is 0.256 e. The number of benzene rings is 1. The van der Waals surface area contributed by atoms with Crippen LogP contribution in [0.1, 0.15) is 62.7 Å². The van der Waals surface area contributed by atoms with E-state index in [-0.39, 0.29) is 11.5 Å². The summed E-state index contributed by atoms with van der Waals surface area (Å²) in [6, 6.07) is 6.25. The van der Waals surface area contributed by atoms with E-state index < -0.39 is 5.82 Å². The zero-order chi connectivity index (χ0) is 14.8. The molecule has 0 aliphatic rings. The van der Waals surface area contributed by atoms with Crippen LogP contribution in [0.4, 0.5) is 4.39 Å². The fourth-order valence-corrected chi connectivity index (χ4v) is 2.23. The fraction of sp³-hybridized carbons (Fsp3) is 0.588. The highest BCUT2D eigenvalue weighted by Gasteiger charge is 2.18. The quantitative estimate of drug-likeness (QED) is 0.603. The molecule has 20 heavy (non-hydrogen) atoms.